The molecular formula is C112H124N12O4S4. The first kappa shape index (κ1) is 88.6. The van der Waals surface area contributed by atoms with Crippen LogP contribution >= 0.6 is 45.3 Å². The molecule has 0 aliphatic heterocycles. The minimum atomic E-state index is -0.345. The molecule has 8 aromatic carbocycles. The Kier molecular flexibility index (Phi) is 25.5. The number of benzene rings is 8. The van der Waals surface area contributed by atoms with Crippen molar-refractivity contribution in [3.63, 3.8) is 0 Å². The average Bonchev–Trinajstić information content (AvgIpc) is 1.62. The highest BCUT2D eigenvalue weighted by molar-refractivity contribution is 7.12. The molecule has 4 N–H and O–H groups in total. The lowest BCUT2D eigenvalue weighted by molar-refractivity contribution is 0.109. The van der Waals surface area contributed by atoms with Crippen LogP contribution in [0.25, 0.3) is 44.1 Å². The number of rotatable bonds is 20. The zero-order chi connectivity index (χ0) is 90.1. The van der Waals surface area contributed by atoms with Gasteiger partial charge in [0.2, 0.25) is 0 Å². The van der Waals surface area contributed by atoms with Gasteiger partial charge in [-0.3, -0.25) is 0 Å². The van der Waals surface area contributed by atoms with Crippen LogP contribution in [-0.2, 0) is 79.6 Å². The van der Waals surface area contributed by atoms with E-state index in [2.05, 4.69) is 147 Å². The molecule has 16 aromatic rings. The van der Waals surface area contributed by atoms with Crippen molar-refractivity contribution in [2.75, 3.05) is 0 Å². The van der Waals surface area contributed by atoms with E-state index in [0.717, 1.165) is 216 Å². The van der Waals surface area contributed by atoms with Crippen LogP contribution in [0.15, 0.2) is 194 Å². The fraction of sp³-hybridized carbons (Fsp3) is 0.429. The molecule has 16 nitrogen and oxygen atoms in total. The second-order valence-electron chi connectivity index (χ2n) is 39.9. The number of aliphatic hydroxyl groups excluding tert-OH is 4. The molecule has 8 aliphatic rings. The quantitative estimate of drug-likeness (QED) is 0.0563. The van der Waals surface area contributed by atoms with Crippen LogP contribution in [0.4, 0.5) is 0 Å². The van der Waals surface area contributed by atoms with Gasteiger partial charge in [0.05, 0.1) is 135 Å². The summed E-state index contributed by atoms with van der Waals surface area (Å²) in [7, 11) is 8.61. The molecule has 8 aliphatic carbocycles. The molecule has 4 fully saturated rings. The largest absolute Gasteiger partial charge is 0.388 e. The van der Waals surface area contributed by atoms with E-state index in [4.69, 9.17) is 39.9 Å². The van der Waals surface area contributed by atoms with E-state index in [0.29, 0.717) is 71.0 Å². The summed E-state index contributed by atoms with van der Waals surface area (Å²) in [4.78, 5) is 45.4. The van der Waals surface area contributed by atoms with Gasteiger partial charge in [-0.1, -0.05) is 146 Å². The summed E-state index contributed by atoms with van der Waals surface area (Å²) >= 11 is 7.37. The molecular weight excluding hydrogens is 1710 g/mol. The molecule has 0 amide bonds. The smallest absolute Gasteiger partial charge is 0.118 e. The minimum Gasteiger partial charge on any atom is -0.388 e. The highest BCUT2D eigenvalue weighted by Crippen LogP contribution is 2.50. The first-order chi connectivity index (χ1) is 64.3. The van der Waals surface area contributed by atoms with Gasteiger partial charge in [0.15, 0.2) is 0 Å². The van der Waals surface area contributed by atoms with Gasteiger partial charge in [-0.25, -0.2) is 39.9 Å². The maximum Gasteiger partial charge on any atom is 0.118 e. The molecule has 0 spiro atoms. The Balaban J connectivity index is 0.000000106. The summed E-state index contributed by atoms with van der Waals surface area (Å²) in [6, 6.07) is 67.8. The first-order valence-corrected chi connectivity index (χ1v) is 52.1. The Hall–Kier alpha value is -10.0. The van der Waals surface area contributed by atoms with Crippen LogP contribution in [0.5, 0.6) is 0 Å². The lowest BCUT2D eigenvalue weighted by Crippen LogP contribution is -2.10. The predicted octanol–water partition coefficient (Wildman–Crippen LogP) is 24.4. The maximum absolute atomic E-state index is 10.8. The fourth-order valence-electron chi connectivity index (χ4n) is 24.6. The van der Waals surface area contributed by atoms with Crippen molar-refractivity contribution >= 4 is 89.5 Å². The number of nitrogens with zero attached hydrogens (tertiary/aromatic N) is 12. The third kappa shape index (κ3) is 18.1. The average molecular weight is 1830 g/mol. The van der Waals surface area contributed by atoms with Gasteiger partial charge in [-0.15, -0.1) is 45.3 Å². The Bertz CT molecular complexity index is 6270. The molecule has 680 valence electrons. The van der Waals surface area contributed by atoms with Gasteiger partial charge >= 0.3 is 0 Å². The molecule has 8 heterocycles. The SMILES string of the molecule is Cc1nc2c(s1)CC[C@@H]2c1nc2cc(CC3CC[C@H]([C@H](O)c4ccccc4)C3)ccc2n1C.Cc1nc2c(s1)CC[C@@H]2c1nc2ccc(CC3CC[C@H]([C@H](O)c4ccccc4)C3)cc2n1C.Cc1nc2c(s1)CC[C@H]2c1nc2cc(CC3CC[C@H]([C@H](O)c4ccccc4)C3)ccc2n1C.Cc1nc2c(s1)CC[C@H]2c1nc2ccc(CC3CC[C@H]([C@H](O)c4ccccc4)C3)cc2n1C. The second kappa shape index (κ2) is 38.0. The highest BCUT2D eigenvalue weighted by atomic mass is 32.1. The summed E-state index contributed by atoms with van der Waals surface area (Å²) in [6.07, 6.45) is 25.4. The van der Waals surface area contributed by atoms with Gasteiger partial charge in [0, 0.05) is 47.7 Å². The van der Waals surface area contributed by atoms with Gasteiger partial charge in [0.25, 0.3) is 0 Å². The van der Waals surface area contributed by atoms with E-state index in [9.17, 15) is 20.4 Å². The molecule has 0 bridgehead atoms. The molecule has 0 saturated heterocycles. The Morgan fingerprint density at radius 2 is 0.515 bits per heavy atom. The van der Waals surface area contributed by atoms with Gasteiger partial charge in [0.1, 0.15) is 23.3 Å². The lowest BCUT2D eigenvalue weighted by Gasteiger charge is -2.19. The standard InChI is InChI=1S/4C28H31N3OS/c2*1-17-29-26-22(11-13-25(26)33-17)28-30-23-16-19(9-12-24(23)31(28)2)14-18-8-10-21(15-18)27(32)20-6-4-3-5-7-20;2*1-17-29-26-22(11-13-25(26)33-17)28-30-23-12-9-19(16-24(23)31(28)2)14-18-8-10-21(15-18)27(32)20-6-4-3-5-7-20/h4*3-7,9,12,16,18,21-22,27,32H,8,10-11,13-15H2,1-2H3/t18?,21-,22+,27+;18?,21-,22-,27+;18?,21-,22+,27+;18?,21-,22-,27+/m0000/s1. The maximum atomic E-state index is 10.8. The lowest BCUT2D eigenvalue weighted by atomic mass is 9.91. The van der Waals surface area contributed by atoms with E-state index in [-0.39, 0.29) is 24.4 Å². The number of aromatic nitrogens is 12. The van der Waals surface area contributed by atoms with Crippen LogP contribution in [0.3, 0.4) is 0 Å². The van der Waals surface area contributed by atoms with E-state index in [1.54, 1.807) is 0 Å². The highest BCUT2D eigenvalue weighted by Gasteiger charge is 2.40. The zero-order valence-corrected chi connectivity index (χ0v) is 80.7. The number of imidazole rings is 4. The number of hydrogen-bond acceptors (Lipinski definition) is 16. The predicted molar refractivity (Wildman–Crippen MR) is 535 cm³/mol. The number of fused-ring (bicyclic) bond motifs is 8. The minimum absolute atomic E-state index is 0.320. The molecule has 4 saturated carbocycles. The molecule has 20 heteroatoms. The summed E-state index contributed by atoms with van der Waals surface area (Å²) in [6.45, 7) is 8.42. The molecule has 4 unspecified atom stereocenters. The van der Waals surface area contributed by atoms with Crippen molar-refractivity contribution in [3.05, 3.63) is 324 Å². The van der Waals surface area contributed by atoms with Crippen LogP contribution in [-0.4, -0.2) is 78.6 Å². The van der Waals surface area contributed by atoms with E-state index in [1.807, 2.05) is 167 Å². The van der Waals surface area contributed by atoms with E-state index < -0.39 is 0 Å². The number of aliphatic hydroxyl groups is 4. The fourth-order valence-corrected chi connectivity index (χ4v) is 28.6. The zero-order valence-electron chi connectivity index (χ0n) is 77.5. The van der Waals surface area contributed by atoms with Crippen molar-refractivity contribution in [3.8, 4) is 0 Å². The summed E-state index contributed by atoms with van der Waals surface area (Å²) < 4.78 is 9.14. The molecule has 8 aromatic heterocycles. The molecule has 132 heavy (non-hydrogen) atoms. The van der Waals surface area contributed by atoms with E-state index >= 15 is 0 Å². The van der Waals surface area contributed by atoms with Crippen molar-refractivity contribution in [1.29, 1.82) is 0 Å². The van der Waals surface area contributed by atoms with Crippen LogP contribution < -0.4 is 0 Å². The van der Waals surface area contributed by atoms with Gasteiger partial charge in [-0.2, -0.15) is 0 Å². The van der Waals surface area contributed by atoms with Crippen molar-refractivity contribution in [2.45, 2.75) is 230 Å². The first-order valence-electron chi connectivity index (χ1n) is 48.8. The number of hydrogen-bond donors (Lipinski definition) is 4. The van der Waals surface area contributed by atoms with Gasteiger partial charge < -0.3 is 38.7 Å². The molecule has 16 atom stereocenters. The van der Waals surface area contributed by atoms with Crippen LogP contribution in [0.2, 0.25) is 0 Å². The Morgan fingerprint density at radius 1 is 0.273 bits per heavy atom. The molecule has 24 rings (SSSR count). The Labute approximate surface area is 791 Å². The summed E-state index contributed by atoms with van der Waals surface area (Å²) in [5, 5.41) is 48.0. The Morgan fingerprint density at radius 3 is 0.788 bits per heavy atom. The van der Waals surface area contributed by atoms with Crippen molar-refractivity contribution in [2.24, 2.45) is 75.5 Å². The van der Waals surface area contributed by atoms with Crippen molar-refractivity contribution in [1.82, 2.24) is 58.1 Å². The third-order valence-electron chi connectivity index (χ3n) is 31.2. The third-order valence-corrected chi connectivity index (χ3v) is 35.4. The second-order valence-corrected chi connectivity index (χ2v) is 45.1. The summed E-state index contributed by atoms with van der Waals surface area (Å²) in [5.74, 6) is 9.86. The monoisotopic (exact) mass is 1830 g/mol. The molecule has 0 radical (unpaired) electrons. The van der Waals surface area contributed by atoms with Crippen LogP contribution in [0, 0.1) is 75.0 Å². The van der Waals surface area contributed by atoms with Crippen LogP contribution in [0.1, 0.15) is 281 Å². The van der Waals surface area contributed by atoms with Crippen molar-refractivity contribution < 1.29 is 20.4 Å². The van der Waals surface area contributed by atoms with Gasteiger partial charge in [-0.05, 0) is 322 Å². The topological polar surface area (TPSA) is 204 Å². The number of aryl methyl sites for hydroxylation is 12. The van der Waals surface area contributed by atoms with E-state index in [1.165, 1.54) is 112 Å². The normalized spacial score (nSPS) is 23.3. The summed E-state index contributed by atoms with van der Waals surface area (Å²) in [5.41, 5.74) is 24.0. The number of thiazole rings is 4.